The Morgan fingerprint density at radius 3 is 3.00 bits per heavy atom. The monoisotopic (exact) mass is 282 g/mol. The first kappa shape index (κ1) is 11.6. The van der Waals surface area contributed by atoms with Crippen LogP contribution in [0.1, 0.15) is 12.0 Å². The van der Waals surface area contributed by atoms with E-state index in [1.54, 1.807) is 4.90 Å². The molecule has 0 radical (unpaired) electrons. The predicted octanol–water partition coefficient (Wildman–Crippen LogP) is 1.77. The highest BCUT2D eigenvalue weighted by Crippen LogP contribution is 2.13. The number of hydrogen-bond donors (Lipinski definition) is 1. The lowest BCUT2D eigenvalue weighted by Crippen LogP contribution is -2.36. The Balaban J connectivity index is 1.90. The van der Waals surface area contributed by atoms with E-state index in [-0.39, 0.29) is 11.9 Å². The summed E-state index contributed by atoms with van der Waals surface area (Å²) in [6, 6.07) is 8.11. The Kier molecular flexibility index (Phi) is 3.61. The van der Waals surface area contributed by atoms with Crippen LogP contribution in [0.5, 0.6) is 0 Å². The van der Waals surface area contributed by atoms with Crippen molar-refractivity contribution in [2.45, 2.75) is 19.0 Å². The number of carbonyl (C=O) groups excluding carboxylic acids is 1. The second-order valence-corrected chi connectivity index (χ2v) is 5.03. The molecule has 0 bridgehead atoms. The molecular formula is C12H15BrN2O. The van der Waals surface area contributed by atoms with Gasteiger partial charge in [-0.3, -0.25) is 4.79 Å². The summed E-state index contributed by atoms with van der Waals surface area (Å²) in [7, 11) is 1.85. The molecule has 0 aliphatic carbocycles. The molecule has 3 nitrogen and oxygen atoms in total. The van der Waals surface area contributed by atoms with Crippen molar-refractivity contribution in [3.63, 3.8) is 0 Å². The van der Waals surface area contributed by atoms with E-state index in [1.807, 2.05) is 19.2 Å². The number of nitrogens with one attached hydrogen (secondary N) is 1. The number of hydrogen-bond acceptors (Lipinski definition) is 2. The number of amides is 1. The fourth-order valence-corrected chi connectivity index (χ4v) is 2.35. The van der Waals surface area contributed by atoms with Gasteiger partial charge in [0.05, 0.1) is 6.04 Å². The Morgan fingerprint density at radius 1 is 1.56 bits per heavy atom. The highest BCUT2D eigenvalue weighted by molar-refractivity contribution is 9.10. The lowest BCUT2D eigenvalue weighted by atomic mass is 10.2. The van der Waals surface area contributed by atoms with E-state index in [4.69, 9.17) is 0 Å². The molecule has 1 N–H and O–H groups in total. The highest BCUT2D eigenvalue weighted by atomic mass is 79.9. The molecule has 1 unspecified atom stereocenters. The van der Waals surface area contributed by atoms with Crippen molar-refractivity contribution in [3.05, 3.63) is 34.3 Å². The van der Waals surface area contributed by atoms with E-state index in [0.717, 1.165) is 24.0 Å². The Bertz CT molecular complexity index is 394. The van der Waals surface area contributed by atoms with Crippen molar-refractivity contribution >= 4 is 21.8 Å². The lowest BCUT2D eigenvalue weighted by Gasteiger charge is -2.12. The van der Waals surface area contributed by atoms with Crippen molar-refractivity contribution in [3.8, 4) is 0 Å². The molecule has 2 rings (SSSR count). The number of nitrogens with zero attached hydrogens (tertiary/aromatic N) is 1. The molecule has 1 aromatic rings. The Hall–Kier alpha value is -0.870. The van der Waals surface area contributed by atoms with Gasteiger partial charge < -0.3 is 10.2 Å². The van der Waals surface area contributed by atoms with Crippen LogP contribution in [-0.4, -0.2) is 30.4 Å². The largest absolute Gasteiger partial charge is 0.344 e. The molecule has 1 atom stereocenters. The van der Waals surface area contributed by atoms with Gasteiger partial charge in [0.2, 0.25) is 5.91 Å². The first-order valence-corrected chi connectivity index (χ1v) is 6.19. The topological polar surface area (TPSA) is 32.3 Å². The zero-order valence-corrected chi connectivity index (χ0v) is 10.8. The summed E-state index contributed by atoms with van der Waals surface area (Å²) in [5.74, 6) is 0.204. The van der Waals surface area contributed by atoms with Gasteiger partial charge in [0, 0.05) is 24.6 Å². The maximum absolute atomic E-state index is 11.6. The van der Waals surface area contributed by atoms with Gasteiger partial charge in [0.25, 0.3) is 0 Å². The van der Waals surface area contributed by atoms with Crippen LogP contribution in [-0.2, 0) is 11.3 Å². The van der Waals surface area contributed by atoms with Gasteiger partial charge in [0.1, 0.15) is 0 Å². The highest BCUT2D eigenvalue weighted by Gasteiger charge is 2.28. The average Bonchev–Trinajstić information content (AvgIpc) is 2.57. The van der Waals surface area contributed by atoms with Gasteiger partial charge >= 0.3 is 0 Å². The third kappa shape index (κ3) is 2.62. The van der Waals surface area contributed by atoms with Gasteiger partial charge in [-0.25, -0.2) is 0 Å². The van der Waals surface area contributed by atoms with E-state index < -0.39 is 0 Å². The van der Waals surface area contributed by atoms with E-state index in [2.05, 4.69) is 33.4 Å². The summed E-state index contributed by atoms with van der Waals surface area (Å²) in [5.41, 5.74) is 1.19. The summed E-state index contributed by atoms with van der Waals surface area (Å²) in [4.78, 5) is 13.4. The zero-order valence-electron chi connectivity index (χ0n) is 9.24. The summed E-state index contributed by atoms with van der Waals surface area (Å²) in [6.45, 7) is 1.60. The smallest absolute Gasteiger partial charge is 0.239 e. The number of likely N-dealkylation sites (tertiary alicyclic amines) is 1. The van der Waals surface area contributed by atoms with E-state index >= 15 is 0 Å². The standard InChI is InChI=1S/C12H15BrN2O/c1-15-6-5-11(12(15)16)14-8-9-3-2-4-10(13)7-9/h2-4,7,11,14H,5-6,8H2,1H3. The lowest BCUT2D eigenvalue weighted by molar-refractivity contribution is -0.128. The molecule has 0 saturated carbocycles. The molecule has 1 fully saturated rings. The van der Waals surface area contributed by atoms with Crippen LogP contribution in [0.15, 0.2) is 28.7 Å². The Morgan fingerprint density at radius 2 is 2.38 bits per heavy atom. The first-order chi connectivity index (χ1) is 7.66. The molecule has 1 saturated heterocycles. The molecular weight excluding hydrogens is 268 g/mol. The minimum Gasteiger partial charge on any atom is -0.344 e. The van der Waals surface area contributed by atoms with Crippen LogP contribution in [0, 0.1) is 0 Å². The normalized spacial score (nSPS) is 20.5. The molecule has 1 aliphatic heterocycles. The number of carbonyl (C=O) groups is 1. The number of halogens is 1. The average molecular weight is 283 g/mol. The minimum atomic E-state index is -0.0102. The van der Waals surface area contributed by atoms with Crippen molar-refractivity contribution in [1.82, 2.24) is 10.2 Å². The fourth-order valence-electron chi connectivity index (χ4n) is 1.90. The summed E-state index contributed by atoms with van der Waals surface area (Å²) in [5, 5.41) is 3.29. The summed E-state index contributed by atoms with van der Waals surface area (Å²) in [6.07, 6.45) is 0.906. The van der Waals surface area contributed by atoms with Crippen LogP contribution < -0.4 is 5.32 Å². The second-order valence-electron chi connectivity index (χ2n) is 4.11. The van der Waals surface area contributed by atoms with Gasteiger partial charge in [-0.15, -0.1) is 0 Å². The van der Waals surface area contributed by atoms with Crippen LogP contribution >= 0.6 is 15.9 Å². The molecule has 86 valence electrons. The van der Waals surface area contributed by atoms with Gasteiger partial charge in [-0.1, -0.05) is 28.1 Å². The number of benzene rings is 1. The van der Waals surface area contributed by atoms with Crippen LogP contribution in [0.2, 0.25) is 0 Å². The number of rotatable bonds is 3. The molecule has 1 amide bonds. The quantitative estimate of drug-likeness (QED) is 0.917. The number of likely N-dealkylation sites (N-methyl/N-ethyl adjacent to an activating group) is 1. The second kappa shape index (κ2) is 4.97. The molecule has 0 aromatic heterocycles. The third-order valence-corrected chi connectivity index (χ3v) is 3.36. The Labute approximate surface area is 104 Å². The van der Waals surface area contributed by atoms with Crippen molar-refractivity contribution < 1.29 is 4.79 Å². The van der Waals surface area contributed by atoms with Crippen LogP contribution in [0.4, 0.5) is 0 Å². The summed E-state index contributed by atoms with van der Waals surface area (Å²) < 4.78 is 1.07. The zero-order chi connectivity index (χ0) is 11.5. The van der Waals surface area contributed by atoms with Crippen LogP contribution in [0.3, 0.4) is 0 Å². The molecule has 1 aliphatic rings. The van der Waals surface area contributed by atoms with E-state index in [0.29, 0.717) is 0 Å². The SMILES string of the molecule is CN1CCC(NCc2cccc(Br)c2)C1=O. The maximum atomic E-state index is 11.6. The third-order valence-electron chi connectivity index (χ3n) is 2.87. The molecule has 0 spiro atoms. The van der Waals surface area contributed by atoms with Crippen LogP contribution in [0.25, 0.3) is 0 Å². The predicted molar refractivity (Wildman–Crippen MR) is 67.0 cm³/mol. The molecule has 16 heavy (non-hydrogen) atoms. The molecule has 4 heteroatoms. The summed E-state index contributed by atoms with van der Waals surface area (Å²) >= 11 is 3.43. The van der Waals surface area contributed by atoms with Crippen molar-refractivity contribution in [2.75, 3.05) is 13.6 Å². The fraction of sp³-hybridized carbons (Fsp3) is 0.417. The van der Waals surface area contributed by atoms with Gasteiger partial charge in [-0.05, 0) is 24.1 Å². The van der Waals surface area contributed by atoms with Crippen molar-refractivity contribution in [1.29, 1.82) is 0 Å². The van der Waals surface area contributed by atoms with Gasteiger partial charge in [0.15, 0.2) is 0 Å². The minimum absolute atomic E-state index is 0.0102. The van der Waals surface area contributed by atoms with Crippen molar-refractivity contribution in [2.24, 2.45) is 0 Å². The molecule has 1 heterocycles. The maximum Gasteiger partial charge on any atom is 0.239 e. The van der Waals surface area contributed by atoms with E-state index in [9.17, 15) is 4.79 Å². The molecule has 1 aromatic carbocycles. The van der Waals surface area contributed by atoms with Gasteiger partial charge in [-0.2, -0.15) is 0 Å². The first-order valence-electron chi connectivity index (χ1n) is 5.39. The van der Waals surface area contributed by atoms with E-state index in [1.165, 1.54) is 5.56 Å².